The molecule has 0 saturated carbocycles. The molecule has 122 valence electrons. The van der Waals surface area contributed by atoms with Crippen molar-refractivity contribution >= 4 is 5.96 Å². The monoisotopic (exact) mass is 303 g/mol. The minimum absolute atomic E-state index is 0.608. The van der Waals surface area contributed by atoms with Gasteiger partial charge in [-0.2, -0.15) is 0 Å². The van der Waals surface area contributed by atoms with Crippen LogP contribution in [0.1, 0.15) is 37.3 Å². The Bertz CT molecular complexity index is 485. The van der Waals surface area contributed by atoms with Gasteiger partial charge in [0.15, 0.2) is 5.96 Å². The standard InChI is InChI=1S/C18H29N3O/c1-14(2)8-10-22-11-9-20-18(19-3)21-13-16-12-15-6-4-5-7-17(15)16/h4-7,14,16H,8-13H2,1-3H3,(H2,19,20,21). The molecule has 4 heteroatoms. The van der Waals surface area contributed by atoms with E-state index < -0.39 is 0 Å². The fourth-order valence-corrected chi connectivity index (χ4v) is 2.65. The van der Waals surface area contributed by atoms with Crippen molar-refractivity contribution in [2.75, 3.05) is 33.4 Å². The Kier molecular flexibility index (Phi) is 6.72. The quantitative estimate of drug-likeness (QED) is 0.441. The van der Waals surface area contributed by atoms with Crippen molar-refractivity contribution in [3.63, 3.8) is 0 Å². The van der Waals surface area contributed by atoms with Crippen molar-refractivity contribution in [2.24, 2.45) is 10.9 Å². The van der Waals surface area contributed by atoms with Gasteiger partial charge in [0, 0.05) is 32.7 Å². The predicted molar refractivity (Wildman–Crippen MR) is 92.5 cm³/mol. The molecule has 4 nitrogen and oxygen atoms in total. The van der Waals surface area contributed by atoms with Crippen molar-refractivity contribution in [1.29, 1.82) is 0 Å². The molecule has 0 bridgehead atoms. The summed E-state index contributed by atoms with van der Waals surface area (Å²) in [5, 5.41) is 6.70. The van der Waals surface area contributed by atoms with E-state index in [0.29, 0.717) is 11.8 Å². The summed E-state index contributed by atoms with van der Waals surface area (Å²) in [5.41, 5.74) is 2.96. The number of ether oxygens (including phenoxy) is 1. The van der Waals surface area contributed by atoms with E-state index in [1.807, 2.05) is 7.05 Å². The number of benzene rings is 1. The Morgan fingerprint density at radius 1 is 1.27 bits per heavy atom. The molecule has 1 aromatic carbocycles. The van der Waals surface area contributed by atoms with Gasteiger partial charge in [-0.25, -0.2) is 0 Å². The van der Waals surface area contributed by atoms with Gasteiger partial charge in [0.2, 0.25) is 0 Å². The molecule has 0 aliphatic heterocycles. The zero-order valence-corrected chi connectivity index (χ0v) is 14.1. The second kappa shape index (κ2) is 8.79. The molecule has 22 heavy (non-hydrogen) atoms. The zero-order chi connectivity index (χ0) is 15.8. The summed E-state index contributed by atoms with van der Waals surface area (Å²) in [4.78, 5) is 4.26. The van der Waals surface area contributed by atoms with Crippen molar-refractivity contribution in [2.45, 2.75) is 32.6 Å². The van der Waals surface area contributed by atoms with E-state index in [9.17, 15) is 0 Å². The molecule has 1 aliphatic rings. The molecule has 1 unspecified atom stereocenters. The molecule has 1 aliphatic carbocycles. The lowest BCUT2D eigenvalue weighted by atomic mass is 9.78. The van der Waals surface area contributed by atoms with E-state index in [-0.39, 0.29) is 0 Å². The highest BCUT2D eigenvalue weighted by Gasteiger charge is 2.25. The summed E-state index contributed by atoms with van der Waals surface area (Å²) < 4.78 is 5.60. The van der Waals surface area contributed by atoms with Crippen molar-refractivity contribution in [3.8, 4) is 0 Å². The Morgan fingerprint density at radius 3 is 2.82 bits per heavy atom. The van der Waals surface area contributed by atoms with Crippen LogP contribution in [0.2, 0.25) is 0 Å². The number of hydrogen-bond donors (Lipinski definition) is 2. The third-order valence-electron chi connectivity index (χ3n) is 4.08. The first kappa shape index (κ1) is 16.8. The predicted octanol–water partition coefficient (Wildman–Crippen LogP) is 2.55. The van der Waals surface area contributed by atoms with Gasteiger partial charge in [-0.1, -0.05) is 38.1 Å². The Hall–Kier alpha value is -1.55. The molecule has 1 atom stereocenters. The van der Waals surface area contributed by atoms with E-state index in [2.05, 4.69) is 53.7 Å². The van der Waals surface area contributed by atoms with Crippen molar-refractivity contribution in [1.82, 2.24) is 10.6 Å². The van der Waals surface area contributed by atoms with Crippen LogP contribution in [0.3, 0.4) is 0 Å². The van der Waals surface area contributed by atoms with Crippen molar-refractivity contribution < 1.29 is 4.74 Å². The van der Waals surface area contributed by atoms with Gasteiger partial charge in [-0.05, 0) is 29.9 Å². The summed E-state index contributed by atoms with van der Waals surface area (Å²) in [7, 11) is 1.81. The SMILES string of the molecule is CN=C(NCCOCCC(C)C)NCC1Cc2ccccc21. The number of hydrogen-bond acceptors (Lipinski definition) is 2. The summed E-state index contributed by atoms with van der Waals surface area (Å²) >= 11 is 0. The van der Waals surface area contributed by atoms with E-state index in [4.69, 9.17) is 4.74 Å². The van der Waals surface area contributed by atoms with Crippen LogP contribution < -0.4 is 10.6 Å². The fourth-order valence-electron chi connectivity index (χ4n) is 2.65. The molecular weight excluding hydrogens is 274 g/mol. The van der Waals surface area contributed by atoms with Crippen LogP contribution >= 0.6 is 0 Å². The lowest BCUT2D eigenvalue weighted by Crippen LogP contribution is -2.42. The van der Waals surface area contributed by atoms with Gasteiger partial charge in [-0.15, -0.1) is 0 Å². The van der Waals surface area contributed by atoms with E-state index in [0.717, 1.165) is 38.7 Å². The number of nitrogens with zero attached hydrogens (tertiary/aromatic N) is 1. The largest absolute Gasteiger partial charge is 0.380 e. The van der Waals surface area contributed by atoms with Gasteiger partial charge in [-0.3, -0.25) is 4.99 Å². The number of nitrogens with one attached hydrogen (secondary N) is 2. The van der Waals surface area contributed by atoms with Crippen LogP contribution in [0.15, 0.2) is 29.3 Å². The highest BCUT2D eigenvalue weighted by Crippen LogP contribution is 2.33. The summed E-state index contributed by atoms with van der Waals surface area (Å²) in [6.45, 7) is 7.71. The molecule has 0 aromatic heterocycles. The highest BCUT2D eigenvalue weighted by atomic mass is 16.5. The first-order valence-corrected chi connectivity index (χ1v) is 8.30. The van der Waals surface area contributed by atoms with Gasteiger partial charge < -0.3 is 15.4 Å². The molecule has 2 N–H and O–H groups in total. The van der Waals surface area contributed by atoms with Crippen LogP contribution in [-0.2, 0) is 11.2 Å². The maximum Gasteiger partial charge on any atom is 0.191 e. The minimum atomic E-state index is 0.608. The second-order valence-electron chi connectivity index (χ2n) is 6.27. The zero-order valence-electron chi connectivity index (χ0n) is 14.1. The molecule has 0 saturated heterocycles. The van der Waals surface area contributed by atoms with Gasteiger partial charge in [0.25, 0.3) is 0 Å². The molecule has 0 amide bonds. The molecule has 1 aromatic rings. The van der Waals surface area contributed by atoms with Crippen LogP contribution in [0.4, 0.5) is 0 Å². The normalized spacial score (nSPS) is 17.1. The lowest BCUT2D eigenvalue weighted by Gasteiger charge is -2.30. The van der Waals surface area contributed by atoms with Crippen LogP contribution in [0, 0.1) is 5.92 Å². The van der Waals surface area contributed by atoms with Crippen molar-refractivity contribution in [3.05, 3.63) is 35.4 Å². The highest BCUT2D eigenvalue weighted by molar-refractivity contribution is 5.79. The van der Waals surface area contributed by atoms with Gasteiger partial charge in [0.05, 0.1) is 6.61 Å². The maximum atomic E-state index is 5.60. The molecule has 0 fully saturated rings. The molecular formula is C18H29N3O. The molecule has 2 rings (SSSR count). The maximum absolute atomic E-state index is 5.60. The molecule has 0 radical (unpaired) electrons. The van der Waals surface area contributed by atoms with Crippen LogP contribution in [0.25, 0.3) is 0 Å². The Morgan fingerprint density at radius 2 is 2.09 bits per heavy atom. The third-order valence-corrected chi connectivity index (χ3v) is 4.08. The first-order chi connectivity index (χ1) is 10.7. The Balaban J connectivity index is 1.59. The lowest BCUT2D eigenvalue weighted by molar-refractivity contribution is 0.128. The average Bonchev–Trinajstić information content (AvgIpc) is 2.49. The Labute approximate surface area is 134 Å². The third kappa shape index (κ3) is 5.02. The minimum Gasteiger partial charge on any atom is -0.380 e. The fraction of sp³-hybridized carbons (Fsp3) is 0.611. The van der Waals surface area contributed by atoms with E-state index in [1.54, 1.807) is 0 Å². The van der Waals surface area contributed by atoms with Gasteiger partial charge in [0.1, 0.15) is 0 Å². The number of fused-ring (bicyclic) bond motifs is 1. The topological polar surface area (TPSA) is 45.7 Å². The molecule has 0 heterocycles. The number of rotatable bonds is 8. The first-order valence-electron chi connectivity index (χ1n) is 8.30. The summed E-state index contributed by atoms with van der Waals surface area (Å²) in [6, 6.07) is 8.67. The molecule has 0 spiro atoms. The number of guanidine groups is 1. The average molecular weight is 303 g/mol. The number of aliphatic imine (C=N–C) groups is 1. The summed E-state index contributed by atoms with van der Waals surface area (Å²) in [6.07, 6.45) is 2.28. The smallest absolute Gasteiger partial charge is 0.191 e. The van der Waals surface area contributed by atoms with Crippen LogP contribution in [-0.4, -0.2) is 39.3 Å². The summed E-state index contributed by atoms with van der Waals surface area (Å²) in [5.74, 6) is 2.17. The van der Waals surface area contributed by atoms with E-state index in [1.165, 1.54) is 17.5 Å². The van der Waals surface area contributed by atoms with Crippen LogP contribution in [0.5, 0.6) is 0 Å². The second-order valence-corrected chi connectivity index (χ2v) is 6.27. The van der Waals surface area contributed by atoms with Gasteiger partial charge >= 0.3 is 0 Å². The van der Waals surface area contributed by atoms with E-state index >= 15 is 0 Å².